The van der Waals surface area contributed by atoms with E-state index in [0.717, 1.165) is 48.9 Å². The fourth-order valence-corrected chi connectivity index (χ4v) is 3.35. The van der Waals surface area contributed by atoms with E-state index < -0.39 is 17.3 Å². The van der Waals surface area contributed by atoms with Crippen LogP contribution in [0.2, 0.25) is 0 Å². The average Bonchev–Trinajstić information content (AvgIpc) is 2.71. The fraction of sp³-hybridized carbons (Fsp3) is 0.571. The first-order valence-corrected chi connectivity index (χ1v) is 10.4. The minimum atomic E-state index is -4.52. The molecule has 2 rings (SSSR count). The van der Waals surface area contributed by atoms with Crippen LogP contribution in [0.15, 0.2) is 23.0 Å². The van der Waals surface area contributed by atoms with Crippen LogP contribution >= 0.6 is 0 Å². The number of carbonyl (C=O) groups excluding carboxylic acids is 1. The summed E-state index contributed by atoms with van der Waals surface area (Å²) in [5, 5.41) is 7.24. The number of likely N-dealkylation sites (N-methyl/N-ethyl adjacent to an activating group) is 1. The van der Waals surface area contributed by atoms with Crippen LogP contribution in [0.1, 0.15) is 44.4 Å². The summed E-state index contributed by atoms with van der Waals surface area (Å²) in [5.74, 6) is -0.610. The predicted octanol–water partition coefficient (Wildman–Crippen LogP) is 2.33. The van der Waals surface area contributed by atoms with E-state index in [2.05, 4.69) is 15.3 Å². The topological polar surface area (TPSA) is 93.2 Å². The summed E-state index contributed by atoms with van der Waals surface area (Å²) < 4.78 is 40.3. The largest absolute Gasteiger partial charge is 0.416 e. The number of benzene rings is 1. The van der Waals surface area contributed by atoms with Crippen molar-refractivity contribution in [2.45, 2.75) is 45.8 Å². The molecule has 0 aliphatic rings. The molecule has 3 N–H and O–H groups in total. The standard InChI is InChI=1S/C21H30F3N5O2/c1-4-28(11-8-25)10-5-9-26-18(30)13-29-20(31)16-7-6-15(21(22,23)24)12-17(16)19(27-29)14(2)3/h6-7,12,14H,4-5,8-11,13,25H2,1-3H3,(H,26,30). The molecule has 10 heteroatoms. The molecule has 0 bridgehead atoms. The average molecular weight is 441 g/mol. The van der Waals surface area contributed by atoms with Gasteiger partial charge in [0, 0.05) is 25.0 Å². The number of amides is 1. The number of carbonyl (C=O) groups is 1. The van der Waals surface area contributed by atoms with Crippen molar-refractivity contribution in [3.05, 3.63) is 39.8 Å². The number of halogens is 3. The molecule has 0 aliphatic carbocycles. The maximum atomic E-state index is 13.1. The van der Waals surface area contributed by atoms with E-state index in [-0.39, 0.29) is 29.1 Å². The van der Waals surface area contributed by atoms with Crippen LogP contribution in [0.3, 0.4) is 0 Å². The van der Waals surface area contributed by atoms with E-state index in [1.807, 2.05) is 6.92 Å². The summed E-state index contributed by atoms with van der Waals surface area (Å²) in [6.45, 7) is 8.75. The van der Waals surface area contributed by atoms with Gasteiger partial charge in [-0.3, -0.25) is 9.59 Å². The Bertz CT molecular complexity index is 956. The Morgan fingerprint density at radius 1 is 1.26 bits per heavy atom. The van der Waals surface area contributed by atoms with Gasteiger partial charge in [0.15, 0.2) is 0 Å². The molecule has 0 saturated heterocycles. The van der Waals surface area contributed by atoms with Crippen LogP contribution in [0.5, 0.6) is 0 Å². The van der Waals surface area contributed by atoms with Gasteiger partial charge in [0.25, 0.3) is 5.56 Å². The molecule has 0 radical (unpaired) electrons. The predicted molar refractivity (Wildman–Crippen MR) is 114 cm³/mol. The molecule has 1 aromatic carbocycles. The third kappa shape index (κ3) is 6.51. The lowest BCUT2D eigenvalue weighted by Crippen LogP contribution is -2.36. The number of nitrogens with one attached hydrogen (secondary N) is 1. The van der Waals surface area contributed by atoms with Crippen molar-refractivity contribution in [2.24, 2.45) is 5.73 Å². The molecule has 2 aromatic rings. The van der Waals surface area contributed by atoms with Crippen molar-refractivity contribution >= 4 is 16.7 Å². The highest BCUT2D eigenvalue weighted by atomic mass is 19.4. The first kappa shape index (κ1) is 24.8. The second kappa shape index (κ2) is 10.7. The minimum Gasteiger partial charge on any atom is -0.354 e. The molecular formula is C21H30F3N5O2. The number of nitrogens with zero attached hydrogens (tertiary/aromatic N) is 3. The van der Waals surface area contributed by atoms with E-state index in [0.29, 0.717) is 18.8 Å². The van der Waals surface area contributed by atoms with Crippen LogP contribution in [0.4, 0.5) is 13.2 Å². The van der Waals surface area contributed by atoms with Crippen molar-refractivity contribution < 1.29 is 18.0 Å². The number of aromatic nitrogens is 2. The summed E-state index contributed by atoms with van der Waals surface area (Å²) in [5.41, 5.74) is 4.46. The Morgan fingerprint density at radius 2 is 1.97 bits per heavy atom. The van der Waals surface area contributed by atoms with Gasteiger partial charge < -0.3 is 16.0 Å². The van der Waals surface area contributed by atoms with Gasteiger partial charge in [-0.2, -0.15) is 18.3 Å². The summed E-state index contributed by atoms with van der Waals surface area (Å²) >= 11 is 0. The van der Waals surface area contributed by atoms with Crippen molar-refractivity contribution in [1.82, 2.24) is 20.0 Å². The highest BCUT2D eigenvalue weighted by Gasteiger charge is 2.31. The molecular weight excluding hydrogens is 411 g/mol. The zero-order valence-electron chi connectivity index (χ0n) is 18.1. The smallest absolute Gasteiger partial charge is 0.354 e. The number of rotatable bonds is 10. The number of hydrogen-bond acceptors (Lipinski definition) is 5. The summed E-state index contributed by atoms with van der Waals surface area (Å²) in [6, 6.07) is 2.97. The molecule has 0 aliphatic heterocycles. The number of hydrogen-bond donors (Lipinski definition) is 2. The molecule has 172 valence electrons. The van der Waals surface area contributed by atoms with Crippen molar-refractivity contribution in [3.8, 4) is 0 Å². The van der Waals surface area contributed by atoms with Gasteiger partial charge in [-0.1, -0.05) is 20.8 Å². The molecule has 0 saturated carbocycles. The molecule has 0 atom stereocenters. The normalized spacial score (nSPS) is 12.2. The van der Waals surface area contributed by atoms with Crippen molar-refractivity contribution in [2.75, 3.05) is 32.7 Å². The Morgan fingerprint density at radius 3 is 2.55 bits per heavy atom. The molecule has 0 fully saturated rings. The fourth-order valence-electron chi connectivity index (χ4n) is 3.35. The second-order valence-electron chi connectivity index (χ2n) is 7.69. The Balaban J connectivity index is 2.18. The van der Waals surface area contributed by atoms with E-state index in [1.165, 1.54) is 0 Å². The van der Waals surface area contributed by atoms with Gasteiger partial charge >= 0.3 is 6.18 Å². The molecule has 31 heavy (non-hydrogen) atoms. The van der Waals surface area contributed by atoms with E-state index in [9.17, 15) is 22.8 Å². The van der Waals surface area contributed by atoms with Crippen LogP contribution in [0, 0.1) is 0 Å². The van der Waals surface area contributed by atoms with Crippen LogP contribution in [-0.4, -0.2) is 53.3 Å². The number of nitrogens with two attached hydrogens (primary N) is 1. The van der Waals surface area contributed by atoms with Gasteiger partial charge in [-0.05, 0) is 43.6 Å². The van der Waals surface area contributed by atoms with Crippen LogP contribution in [-0.2, 0) is 17.5 Å². The van der Waals surface area contributed by atoms with E-state index in [4.69, 9.17) is 5.73 Å². The van der Waals surface area contributed by atoms with E-state index >= 15 is 0 Å². The minimum absolute atomic E-state index is 0.111. The monoisotopic (exact) mass is 441 g/mol. The molecule has 1 aromatic heterocycles. The highest BCUT2D eigenvalue weighted by molar-refractivity contribution is 5.85. The number of alkyl halides is 3. The molecule has 1 amide bonds. The maximum Gasteiger partial charge on any atom is 0.416 e. The second-order valence-corrected chi connectivity index (χ2v) is 7.69. The molecule has 1 heterocycles. The van der Waals surface area contributed by atoms with Gasteiger partial charge in [0.2, 0.25) is 5.91 Å². The summed E-state index contributed by atoms with van der Waals surface area (Å²) in [4.78, 5) is 27.2. The van der Waals surface area contributed by atoms with Gasteiger partial charge in [0.05, 0.1) is 16.6 Å². The van der Waals surface area contributed by atoms with Crippen molar-refractivity contribution in [1.29, 1.82) is 0 Å². The zero-order valence-corrected chi connectivity index (χ0v) is 18.1. The Kier molecular flexibility index (Phi) is 8.58. The molecule has 7 nitrogen and oxygen atoms in total. The lowest BCUT2D eigenvalue weighted by Gasteiger charge is -2.19. The zero-order chi connectivity index (χ0) is 23.2. The van der Waals surface area contributed by atoms with Crippen LogP contribution in [0.25, 0.3) is 10.8 Å². The summed E-state index contributed by atoms with van der Waals surface area (Å²) in [6.07, 6.45) is -3.79. The maximum absolute atomic E-state index is 13.1. The van der Waals surface area contributed by atoms with Gasteiger partial charge in [-0.25, -0.2) is 4.68 Å². The third-order valence-electron chi connectivity index (χ3n) is 5.02. The van der Waals surface area contributed by atoms with E-state index in [1.54, 1.807) is 13.8 Å². The lowest BCUT2D eigenvalue weighted by atomic mass is 10.0. The van der Waals surface area contributed by atoms with Crippen LogP contribution < -0.4 is 16.6 Å². The number of fused-ring (bicyclic) bond motifs is 1. The SMILES string of the molecule is CCN(CCN)CCCNC(=O)Cn1nc(C(C)C)c2cc(C(F)(F)F)ccc2c1=O. The first-order chi connectivity index (χ1) is 14.6. The molecule has 0 spiro atoms. The lowest BCUT2D eigenvalue weighted by molar-refractivity contribution is -0.137. The van der Waals surface area contributed by atoms with Crippen molar-refractivity contribution in [3.63, 3.8) is 0 Å². The summed E-state index contributed by atoms with van der Waals surface area (Å²) in [7, 11) is 0. The third-order valence-corrected chi connectivity index (χ3v) is 5.02. The highest BCUT2D eigenvalue weighted by Crippen LogP contribution is 2.32. The Labute approximate surface area is 179 Å². The van der Waals surface area contributed by atoms with Gasteiger partial charge in [-0.15, -0.1) is 0 Å². The van der Waals surface area contributed by atoms with Gasteiger partial charge in [0.1, 0.15) is 6.54 Å². The quantitative estimate of drug-likeness (QED) is 0.552. The first-order valence-electron chi connectivity index (χ1n) is 10.4. The molecule has 0 unspecified atom stereocenters. The Hall–Kier alpha value is -2.46.